The lowest BCUT2D eigenvalue weighted by atomic mass is 9.84. The molecule has 2 heterocycles. The van der Waals surface area contributed by atoms with Crippen LogP contribution in [0.2, 0.25) is 10.0 Å². The zero-order valence-corrected chi connectivity index (χ0v) is 20.1. The number of nitrogens with zero attached hydrogens (tertiary/aromatic N) is 2. The predicted octanol–water partition coefficient (Wildman–Crippen LogP) is 6.11. The third kappa shape index (κ3) is 5.19. The molecule has 0 atom stereocenters. The molecule has 6 nitrogen and oxygen atoms in total. The molecule has 0 aliphatic carbocycles. The molecule has 174 valence electrons. The number of nitrogens with one attached hydrogen (secondary N) is 1. The van der Waals surface area contributed by atoms with Gasteiger partial charge in [-0.1, -0.05) is 67.4 Å². The molecule has 1 aromatic heterocycles. The number of amides is 1. The normalized spacial score (nSPS) is 13.3. The largest absolute Gasteiger partial charge is 0.508 e. The first-order chi connectivity index (χ1) is 16.2. The standard InChI is InChI=1S/C26H23Cl2N3O3/c1-26(2,20-8-3-4-9-21(20)27)16-30-25(33)19-13-24(29-14-22(19)28)31-10-11-34-23(15-31)17-6-5-7-18(32)12-17/h3-15,32H,16H2,1-2H3,(H,30,33). The third-order valence-corrected chi connectivity index (χ3v) is 6.08. The van der Waals surface area contributed by atoms with E-state index in [9.17, 15) is 9.90 Å². The van der Waals surface area contributed by atoms with Crippen LogP contribution in [0.25, 0.3) is 5.76 Å². The molecule has 0 spiro atoms. The molecule has 2 N–H and O–H groups in total. The molecule has 0 bridgehead atoms. The maximum Gasteiger partial charge on any atom is 0.253 e. The molecular weight excluding hydrogens is 473 g/mol. The van der Waals surface area contributed by atoms with E-state index in [0.29, 0.717) is 34.3 Å². The highest BCUT2D eigenvalue weighted by Crippen LogP contribution is 2.30. The average Bonchev–Trinajstić information content (AvgIpc) is 2.83. The second-order valence-corrected chi connectivity index (χ2v) is 9.24. The maximum atomic E-state index is 13.0. The van der Waals surface area contributed by atoms with E-state index in [2.05, 4.69) is 10.3 Å². The summed E-state index contributed by atoms with van der Waals surface area (Å²) >= 11 is 12.7. The smallest absolute Gasteiger partial charge is 0.253 e. The van der Waals surface area contributed by atoms with Crippen molar-refractivity contribution in [3.63, 3.8) is 0 Å². The number of halogens is 2. The number of ether oxygens (including phenoxy) is 1. The number of hydrogen-bond acceptors (Lipinski definition) is 5. The third-order valence-electron chi connectivity index (χ3n) is 5.45. The Morgan fingerprint density at radius 3 is 2.68 bits per heavy atom. The molecule has 0 saturated carbocycles. The zero-order valence-electron chi connectivity index (χ0n) is 18.6. The van der Waals surface area contributed by atoms with Crippen LogP contribution in [0.15, 0.2) is 79.5 Å². The molecular formula is C26H23Cl2N3O3. The lowest BCUT2D eigenvalue weighted by Gasteiger charge is -2.27. The van der Waals surface area contributed by atoms with Gasteiger partial charge in [-0.2, -0.15) is 0 Å². The summed E-state index contributed by atoms with van der Waals surface area (Å²) in [7, 11) is 0. The van der Waals surface area contributed by atoms with Crippen molar-refractivity contribution in [1.82, 2.24) is 10.3 Å². The summed E-state index contributed by atoms with van der Waals surface area (Å²) in [5.41, 5.74) is 1.56. The van der Waals surface area contributed by atoms with Crippen LogP contribution in [0.4, 0.5) is 5.82 Å². The number of anilines is 1. The molecule has 0 unspecified atom stereocenters. The van der Waals surface area contributed by atoms with Gasteiger partial charge in [0, 0.05) is 34.9 Å². The predicted molar refractivity (Wildman–Crippen MR) is 135 cm³/mol. The number of phenols is 1. The van der Waals surface area contributed by atoms with E-state index in [-0.39, 0.29) is 22.1 Å². The number of benzene rings is 2. The number of pyridine rings is 1. The Morgan fingerprint density at radius 2 is 1.91 bits per heavy atom. The number of aromatic nitrogens is 1. The number of carbonyl (C=O) groups excluding carboxylic acids is 1. The minimum Gasteiger partial charge on any atom is -0.508 e. The molecule has 8 heteroatoms. The Morgan fingerprint density at radius 1 is 1.12 bits per heavy atom. The minimum absolute atomic E-state index is 0.131. The Kier molecular flexibility index (Phi) is 6.82. The summed E-state index contributed by atoms with van der Waals surface area (Å²) in [6.07, 6.45) is 6.33. The Balaban J connectivity index is 1.54. The average molecular weight is 496 g/mol. The van der Waals surface area contributed by atoms with Gasteiger partial charge in [0.1, 0.15) is 17.8 Å². The van der Waals surface area contributed by atoms with E-state index in [0.717, 1.165) is 5.56 Å². The van der Waals surface area contributed by atoms with Crippen molar-refractivity contribution in [3.8, 4) is 5.75 Å². The van der Waals surface area contributed by atoms with Crippen molar-refractivity contribution in [2.45, 2.75) is 19.3 Å². The van der Waals surface area contributed by atoms with E-state index < -0.39 is 0 Å². The van der Waals surface area contributed by atoms with Gasteiger partial charge < -0.3 is 20.1 Å². The minimum atomic E-state index is -0.387. The van der Waals surface area contributed by atoms with Crippen LogP contribution >= 0.6 is 23.2 Å². The molecule has 0 radical (unpaired) electrons. The van der Waals surface area contributed by atoms with Gasteiger partial charge in [-0.3, -0.25) is 4.79 Å². The highest BCUT2D eigenvalue weighted by atomic mass is 35.5. The molecule has 34 heavy (non-hydrogen) atoms. The Labute approximate surface area is 208 Å². The van der Waals surface area contributed by atoms with Crippen LogP contribution in [-0.4, -0.2) is 22.5 Å². The summed E-state index contributed by atoms with van der Waals surface area (Å²) in [5.74, 6) is 0.814. The zero-order chi connectivity index (χ0) is 24.3. The fraction of sp³-hybridized carbons (Fsp3) is 0.154. The van der Waals surface area contributed by atoms with Gasteiger partial charge in [0.05, 0.1) is 16.8 Å². The first-order valence-corrected chi connectivity index (χ1v) is 11.3. The van der Waals surface area contributed by atoms with Crippen molar-refractivity contribution < 1.29 is 14.6 Å². The van der Waals surface area contributed by atoms with Crippen molar-refractivity contribution in [1.29, 1.82) is 0 Å². The molecule has 1 aliphatic heterocycles. The second-order valence-electron chi connectivity index (χ2n) is 8.42. The van der Waals surface area contributed by atoms with E-state index in [4.69, 9.17) is 27.9 Å². The summed E-state index contributed by atoms with van der Waals surface area (Å²) < 4.78 is 5.58. The van der Waals surface area contributed by atoms with E-state index in [1.807, 2.05) is 44.2 Å². The Bertz CT molecular complexity index is 1290. The van der Waals surface area contributed by atoms with Crippen molar-refractivity contribution >= 4 is 40.7 Å². The lowest BCUT2D eigenvalue weighted by Crippen LogP contribution is -2.37. The van der Waals surface area contributed by atoms with Crippen LogP contribution in [-0.2, 0) is 10.2 Å². The summed E-state index contributed by atoms with van der Waals surface area (Å²) in [5, 5.41) is 13.6. The molecule has 3 aromatic rings. The van der Waals surface area contributed by atoms with E-state index in [1.165, 1.54) is 12.5 Å². The second kappa shape index (κ2) is 9.79. The van der Waals surface area contributed by atoms with Gasteiger partial charge in [-0.25, -0.2) is 4.98 Å². The van der Waals surface area contributed by atoms with Gasteiger partial charge in [0.2, 0.25) is 0 Å². The molecule has 0 saturated heterocycles. The number of carbonyl (C=O) groups is 1. The number of phenolic OH excluding ortho intramolecular Hbond substituents is 1. The van der Waals surface area contributed by atoms with Crippen LogP contribution in [0.5, 0.6) is 5.75 Å². The van der Waals surface area contributed by atoms with Crippen molar-refractivity contribution in [3.05, 3.63) is 106 Å². The fourth-order valence-electron chi connectivity index (χ4n) is 3.56. The summed E-state index contributed by atoms with van der Waals surface area (Å²) in [6, 6.07) is 15.9. The van der Waals surface area contributed by atoms with Crippen LogP contribution in [0.3, 0.4) is 0 Å². The quantitative estimate of drug-likeness (QED) is 0.431. The maximum absolute atomic E-state index is 13.0. The Hall–Kier alpha value is -3.48. The van der Waals surface area contributed by atoms with Gasteiger partial charge in [-0.15, -0.1) is 0 Å². The molecule has 1 aliphatic rings. The fourth-order valence-corrected chi connectivity index (χ4v) is 4.14. The van der Waals surface area contributed by atoms with Gasteiger partial charge in [-0.05, 0) is 29.8 Å². The molecule has 4 rings (SSSR count). The van der Waals surface area contributed by atoms with Crippen molar-refractivity contribution in [2.75, 3.05) is 11.4 Å². The highest BCUT2D eigenvalue weighted by Gasteiger charge is 2.25. The summed E-state index contributed by atoms with van der Waals surface area (Å²) in [4.78, 5) is 19.1. The van der Waals surface area contributed by atoms with Crippen molar-refractivity contribution in [2.24, 2.45) is 0 Å². The molecule has 1 amide bonds. The van der Waals surface area contributed by atoms with Gasteiger partial charge >= 0.3 is 0 Å². The van der Waals surface area contributed by atoms with Crippen LogP contribution in [0, 0.1) is 0 Å². The van der Waals surface area contributed by atoms with E-state index >= 15 is 0 Å². The van der Waals surface area contributed by atoms with Crippen LogP contribution in [0.1, 0.15) is 35.3 Å². The summed E-state index contributed by atoms with van der Waals surface area (Å²) in [6.45, 7) is 4.39. The topological polar surface area (TPSA) is 74.7 Å². The highest BCUT2D eigenvalue weighted by molar-refractivity contribution is 6.33. The monoisotopic (exact) mass is 495 g/mol. The van der Waals surface area contributed by atoms with Gasteiger partial charge in [0.15, 0.2) is 5.76 Å². The van der Waals surface area contributed by atoms with Gasteiger partial charge in [0.25, 0.3) is 5.91 Å². The SMILES string of the molecule is CC(C)(CNC(=O)c1cc(N2C=COC(c3cccc(O)c3)=C2)ncc1Cl)c1ccccc1Cl. The number of aromatic hydroxyl groups is 1. The number of rotatable bonds is 6. The van der Waals surface area contributed by atoms with Crippen LogP contribution < -0.4 is 10.2 Å². The number of hydrogen-bond donors (Lipinski definition) is 2. The lowest BCUT2D eigenvalue weighted by molar-refractivity contribution is 0.0945. The molecule has 0 fully saturated rings. The molecule has 2 aromatic carbocycles. The first-order valence-electron chi connectivity index (χ1n) is 10.6. The first kappa shape index (κ1) is 23.7. The van der Waals surface area contributed by atoms with E-state index in [1.54, 1.807) is 41.6 Å².